The van der Waals surface area contributed by atoms with Crippen molar-refractivity contribution in [1.29, 1.82) is 0 Å². The molecule has 2 aliphatic carbocycles. The van der Waals surface area contributed by atoms with E-state index in [1.54, 1.807) is 0 Å². The van der Waals surface area contributed by atoms with Gasteiger partial charge in [0.15, 0.2) is 0 Å². The summed E-state index contributed by atoms with van der Waals surface area (Å²) in [7, 11) is 0. The van der Waals surface area contributed by atoms with E-state index in [1.807, 2.05) is 0 Å². The molecule has 1 N–H and O–H groups in total. The van der Waals surface area contributed by atoms with E-state index in [0.29, 0.717) is 12.0 Å². The molecular formula is C25H19N. The highest BCUT2D eigenvalue weighted by Gasteiger charge is 2.54. The number of para-hydroxylation sites is 1. The molecular weight excluding hydrogens is 314 g/mol. The first-order chi connectivity index (χ1) is 12.9. The molecule has 6 rings (SSSR count). The first-order valence-electron chi connectivity index (χ1n) is 9.31. The van der Waals surface area contributed by atoms with E-state index in [9.17, 15) is 0 Å². The largest absolute Gasteiger partial charge is 0.378 e. The van der Waals surface area contributed by atoms with E-state index in [2.05, 4.69) is 102 Å². The lowest BCUT2D eigenvalue weighted by atomic mass is 9.59. The van der Waals surface area contributed by atoms with Crippen LogP contribution in [0.25, 0.3) is 11.1 Å². The number of nitrogens with one attached hydrogen (secondary N) is 1. The second-order valence-electron chi connectivity index (χ2n) is 7.41. The molecule has 3 aliphatic rings. The van der Waals surface area contributed by atoms with Gasteiger partial charge >= 0.3 is 0 Å². The third-order valence-corrected chi connectivity index (χ3v) is 6.30. The molecule has 1 heterocycles. The Kier molecular flexibility index (Phi) is 2.71. The molecule has 0 saturated carbocycles. The number of rotatable bonds is 0. The first kappa shape index (κ1) is 14.1. The molecule has 1 heteroatoms. The maximum atomic E-state index is 3.77. The topological polar surface area (TPSA) is 12.0 Å². The fourth-order valence-electron chi connectivity index (χ4n) is 5.39. The molecule has 3 aromatic carbocycles. The zero-order valence-electron chi connectivity index (χ0n) is 14.4. The van der Waals surface area contributed by atoms with Crippen LogP contribution in [0.2, 0.25) is 0 Å². The molecule has 1 spiro atoms. The Morgan fingerprint density at radius 2 is 1.19 bits per heavy atom. The molecule has 0 saturated heterocycles. The molecule has 0 fully saturated rings. The Hall–Kier alpha value is -3.06. The van der Waals surface area contributed by atoms with Crippen LogP contribution in [-0.4, -0.2) is 6.04 Å². The van der Waals surface area contributed by atoms with Crippen LogP contribution in [0.4, 0.5) is 5.69 Å². The fraction of sp³-hybridized carbons (Fsp3) is 0.120. The number of hydrogen-bond acceptors (Lipinski definition) is 1. The third-order valence-electron chi connectivity index (χ3n) is 6.30. The SMILES string of the molecule is C1=CC2Nc3ccccc3C3(c4ccccc4-c4ccccc43)C2C=C1. The van der Waals surface area contributed by atoms with Gasteiger partial charge in [0, 0.05) is 11.6 Å². The van der Waals surface area contributed by atoms with Crippen LogP contribution in [-0.2, 0) is 5.41 Å². The van der Waals surface area contributed by atoms with Crippen molar-refractivity contribution in [1.82, 2.24) is 0 Å². The van der Waals surface area contributed by atoms with E-state index in [4.69, 9.17) is 0 Å². The van der Waals surface area contributed by atoms with Crippen molar-refractivity contribution in [3.8, 4) is 11.1 Å². The number of anilines is 1. The lowest BCUT2D eigenvalue weighted by Gasteiger charge is -2.48. The van der Waals surface area contributed by atoms with Crippen molar-refractivity contribution in [2.45, 2.75) is 11.5 Å². The highest BCUT2D eigenvalue weighted by molar-refractivity contribution is 5.86. The van der Waals surface area contributed by atoms with Crippen molar-refractivity contribution in [2.24, 2.45) is 5.92 Å². The standard InChI is InChI=1S/C25H19N/c1-3-11-19-17(9-1)18-10-2-4-12-20(18)25(19)21-13-5-7-15-23(21)26-24-16-8-6-14-22(24)25/h1-16,21,23,26H. The van der Waals surface area contributed by atoms with Crippen LogP contribution in [0.5, 0.6) is 0 Å². The zero-order chi connectivity index (χ0) is 17.1. The van der Waals surface area contributed by atoms with Crippen LogP contribution >= 0.6 is 0 Å². The van der Waals surface area contributed by atoms with Gasteiger partial charge in [0.05, 0.1) is 11.5 Å². The Morgan fingerprint density at radius 1 is 0.615 bits per heavy atom. The average Bonchev–Trinajstić information content (AvgIpc) is 3.00. The first-order valence-corrected chi connectivity index (χ1v) is 9.31. The Balaban J connectivity index is 1.80. The van der Waals surface area contributed by atoms with E-state index >= 15 is 0 Å². The van der Waals surface area contributed by atoms with Gasteiger partial charge in [-0.3, -0.25) is 0 Å². The summed E-state index contributed by atoms with van der Waals surface area (Å²) in [4.78, 5) is 0. The quantitative estimate of drug-likeness (QED) is 0.570. The zero-order valence-corrected chi connectivity index (χ0v) is 14.4. The minimum absolute atomic E-state index is 0.138. The van der Waals surface area contributed by atoms with Gasteiger partial charge in [-0.1, -0.05) is 91.0 Å². The second kappa shape index (κ2) is 4.98. The summed E-state index contributed by atoms with van der Waals surface area (Å²) >= 11 is 0. The van der Waals surface area contributed by atoms with Crippen molar-refractivity contribution in [2.75, 3.05) is 5.32 Å². The predicted octanol–water partition coefficient (Wildman–Crippen LogP) is 5.54. The second-order valence-corrected chi connectivity index (χ2v) is 7.41. The molecule has 0 bridgehead atoms. The monoisotopic (exact) mass is 333 g/mol. The van der Waals surface area contributed by atoms with Crippen LogP contribution in [0, 0.1) is 5.92 Å². The molecule has 2 unspecified atom stereocenters. The summed E-state index contributed by atoms with van der Waals surface area (Å²) in [6.07, 6.45) is 9.09. The molecule has 1 aliphatic heterocycles. The number of allylic oxidation sites excluding steroid dienone is 2. The molecule has 3 aromatic rings. The van der Waals surface area contributed by atoms with Crippen molar-refractivity contribution >= 4 is 5.69 Å². The van der Waals surface area contributed by atoms with E-state index in [0.717, 1.165) is 0 Å². The molecule has 2 atom stereocenters. The summed E-state index contributed by atoms with van der Waals surface area (Å²) in [5.74, 6) is 0.354. The summed E-state index contributed by atoms with van der Waals surface area (Å²) in [5.41, 5.74) is 8.12. The highest BCUT2D eigenvalue weighted by Crippen LogP contribution is 2.60. The Bertz CT molecular complexity index is 1040. The summed E-state index contributed by atoms with van der Waals surface area (Å²) in [6, 6.07) is 27.1. The average molecular weight is 333 g/mol. The van der Waals surface area contributed by atoms with Crippen LogP contribution in [0.3, 0.4) is 0 Å². The highest BCUT2D eigenvalue weighted by atomic mass is 15.0. The number of fused-ring (bicyclic) bond motifs is 9. The third kappa shape index (κ3) is 1.56. The lowest BCUT2D eigenvalue weighted by molar-refractivity contribution is 0.415. The van der Waals surface area contributed by atoms with Crippen LogP contribution in [0.15, 0.2) is 97.1 Å². The number of benzene rings is 3. The maximum absolute atomic E-state index is 3.77. The van der Waals surface area contributed by atoms with Gasteiger partial charge in [-0.2, -0.15) is 0 Å². The van der Waals surface area contributed by atoms with Gasteiger partial charge in [0.2, 0.25) is 0 Å². The summed E-state index contributed by atoms with van der Waals surface area (Å²) < 4.78 is 0. The summed E-state index contributed by atoms with van der Waals surface area (Å²) in [6.45, 7) is 0. The van der Waals surface area contributed by atoms with Gasteiger partial charge in [-0.25, -0.2) is 0 Å². The smallest absolute Gasteiger partial charge is 0.0569 e. The van der Waals surface area contributed by atoms with Gasteiger partial charge in [-0.05, 0) is 33.9 Å². The molecule has 0 radical (unpaired) electrons. The maximum Gasteiger partial charge on any atom is 0.0569 e. The Labute approximate surface area is 153 Å². The van der Waals surface area contributed by atoms with E-state index < -0.39 is 0 Å². The molecule has 1 nitrogen and oxygen atoms in total. The summed E-state index contributed by atoms with van der Waals surface area (Å²) in [5, 5.41) is 3.77. The molecule has 0 amide bonds. The van der Waals surface area contributed by atoms with E-state index in [-0.39, 0.29) is 5.41 Å². The normalized spacial score (nSPS) is 22.9. The minimum Gasteiger partial charge on any atom is -0.378 e. The van der Waals surface area contributed by atoms with Gasteiger partial charge in [0.25, 0.3) is 0 Å². The van der Waals surface area contributed by atoms with Gasteiger partial charge in [0.1, 0.15) is 0 Å². The number of hydrogen-bond donors (Lipinski definition) is 1. The molecule has 124 valence electrons. The van der Waals surface area contributed by atoms with Gasteiger partial charge < -0.3 is 5.32 Å². The molecule has 26 heavy (non-hydrogen) atoms. The van der Waals surface area contributed by atoms with Crippen LogP contribution < -0.4 is 5.32 Å². The van der Waals surface area contributed by atoms with Gasteiger partial charge in [-0.15, -0.1) is 0 Å². The van der Waals surface area contributed by atoms with E-state index in [1.165, 1.54) is 33.5 Å². The minimum atomic E-state index is -0.138. The Morgan fingerprint density at radius 3 is 1.92 bits per heavy atom. The fourth-order valence-corrected chi connectivity index (χ4v) is 5.39. The van der Waals surface area contributed by atoms with Crippen molar-refractivity contribution < 1.29 is 0 Å². The van der Waals surface area contributed by atoms with Crippen molar-refractivity contribution in [3.05, 3.63) is 114 Å². The van der Waals surface area contributed by atoms with Crippen LogP contribution in [0.1, 0.15) is 16.7 Å². The van der Waals surface area contributed by atoms with Crippen molar-refractivity contribution in [3.63, 3.8) is 0 Å². The predicted molar refractivity (Wildman–Crippen MR) is 107 cm³/mol. The molecule has 0 aromatic heterocycles. The lowest BCUT2D eigenvalue weighted by Crippen LogP contribution is -2.48.